The molecule has 3 amide bonds. The van der Waals surface area contributed by atoms with Crippen LogP contribution in [0.1, 0.15) is 33.2 Å². The number of piperazine rings is 1. The minimum atomic E-state index is -3.64. The van der Waals surface area contributed by atoms with Gasteiger partial charge in [-0.15, -0.1) is 0 Å². The molecule has 8 nitrogen and oxygen atoms in total. The number of fused-ring (bicyclic) bond motifs is 1. The van der Waals surface area contributed by atoms with Crippen LogP contribution in [0.25, 0.3) is 0 Å². The number of carbonyl (C=O) groups excluding carboxylic acids is 3. The number of amides is 3. The van der Waals surface area contributed by atoms with E-state index in [1.54, 1.807) is 48.5 Å². The van der Waals surface area contributed by atoms with Crippen LogP contribution in [0.4, 0.5) is 0 Å². The number of hydrogen-bond donors (Lipinski definition) is 0. The van der Waals surface area contributed by atoms with E-state index in [2.05, 4.69) is 0 Å². The van der Waals surface area contributed by atoms with Gasteiger partial charge in [0, 0.05) is 26.2 Å². The molecular weight excluding hydrogens is 418 g/mol. The van der Waals surface area contributed by atoms with Gasteiger partial charge >= 0.3 is 0 Å². The number of sulfonamides is 1. The molecule has 1 unspecified atom stereocenters. The second kappa shape index (κ2) is 7.90. The maximum absolute atomic E-state index is 13.0. The van der Waals surface area contributed by atoms with Crippen molar-refractivity contribution in [2.45, 2.75) is 24.8 Å². The summed E-state index contributed by atoms with van der Waals surface area (Å²) >= 11 is 0. The van der Waals surface area contributed by atoms with E-state index in [0.29, 0.717) is 11.1 Å². The Labute approximate surface area is 181 Å². The summed E-state index contributed by atoms with van der Waals surface area (Å²) in [5, 5.41) is 0. The van der Waals surface area contributed by atoms with Crippen molar-refractivity contribution in [1.82, 2.24) is 14.1 Å². The van der Waals surface area contributed by atoms with Crippen LogP contribution in [0.5, 0.6) is 0 Å². The molecule has 0 N–H and O–H groups in total. The van der Waals surface area contributed by atoms with Gasteiger partial charge in [-0.3, -0.25) is 19.3 Å². The fourth-order valence-corrected chi connectivity index (χ4v) is 5.36. The molecule has 31 heavy (non-hydrogen) atoms. The third-order valence-corrected chi connectivity index (χ3v) is 7.69. The third kappa shape index (κ3) is 3.64. The first kappa shape index (κ1) is 21.2. The molecule has 2 aromatic carbocycles. The van der Waals surface area contributed by atoms with E-state index in [0.717, 1.165) is 10.5 Å². The number of rotatable bonds is 4. The Morgan fingerprint density at radius 3 is 1.90 bits per heavy atom. The van der Waals surface area contributed by atoms with Crippen LogP contribution >= 0.6 is 0 Å². The molecule has 0 aliphatic carbocycles. The van der Waals surface area contributed by atoms with Crippen molar-refractivity contribution in [3.63, 3.8) is 0 Å². The van der Waals surface area contributed by atoms with Crippen molar-refractivity contribution in [1.29, 1.82) is 0 Å². The Morgan fingerprint density at radius 2 is 1.39 bits per heavy atom. The van der Waals surface area contributed by atoms with Crippen molar-refractivity contribution >= 4 is 27.7 Å². The maximum Gasteiger partial charge on any atom is 0.262 e. The molecule has 1 fully saturated rings. The van der Waals surface area contributed by atoms with Crippen molar-refractivity contribution < 1.29 is 22.8 Å². The Hall–Kier alpha value is -3.04. The molecule has 0 radical (unpaired) electrons. The SMILES string of the molecule is Cc1ccc(S(=O)(=O)N2CCN(C(=O)C(C)N3C(=O)c4ccccc4C3=O)CC2)cc1. The summed E-state index contributed by atoms with van der Waals surface area (Å²) in [6, 6.07) is 12.2. The van der Waals surface area contributed by atoms with Crippen LogP contribution in [0.2, 0.25) is 0 Å². The summed E-state index contributed by atoms with van der Waals surface area (Å²) in [5.41, 5.74) is 1.55. The number of carbonyl (C=O) groups is 3. The standard InChI is InChI=1S/C22H23N3O5S/c1-15-7-9-17(10-8-15)31(29,30)24-13-11-23(12-14-24)20(26)16(2)25-21(27)18-5-3-4-6-19(18)22(25)28/h3-10,16H,11-14H2,1-2H3. The Bertz CT molecular complexity index is 1120. The summed E-state index contributed by atoms with van der Waals surface area (Å²) in [4.78, 5) is 41.0. The summed E-state index contributed by atoms with van der Waals surface area (Å²) in [7, 11) is -3.64. The lowest BCUT2D eigenvalue weighted by Crippen LogP contribution is -2.55. The average Bonchev–Trinajstić information content (AvgIpc) is 3.03. The predicted octanol–water partition coefficient (Wildman–Crippen LogP) is 1.51. The minimum Gasteiger partial charge on any atom is -0.338 e. The maximum atomic E-state index is 13.0. The number of aryl methyl sites for hydroxylation is 1. The molecular formula is C22H23N3O5S. The van der Waals surface area contributed by atoms with E-state index in [1.165, 1.54) is 16.1 Å². The zero-order valence-electron chi connectivity index (χ0n) is 17.3. The lowest BCUT2D eigenvalue weighted by molar-refractivity contribution is -0.136. The zero-order valence-corrected chi connectivity index (χ0v) is 18.1. The highest BCUT2D eigenvalue weighted by Crippen LogP contribution is 2.25. The smallest absolute Gasteiger partial charge is 0.262 e. The molecule has 4 rings (SSSR count). The van der Waals surface area contributed by atoms with E-state index in [-0.39, 0.29) is 37.0 Å². The van der Waals surface area contributed by atoms with E-state index in [1.807, 2.05) is 6.92 Å². The van der Waals surface area contributed by atoms with E-state index < -0.39 is 27.9 Å². The highest BCUT2D eigenvalue weighted by molar-refractivity contribution is 7.89. The van der Waals surface area contributed by atoms with E-state index >= 15 is 0 Å². The summed E-state index contributed by atoms with van der Waals surface area (Å²) in [6.45, 7) is 4.10. The Balaban J connectivity index is 1.43. The van der Waals surface area contributed by atoms with Crippen LogP contribution in [-0.4, -0.2) is 72.5 Å². The van der Waals surface area contributed by atoms with Crippen LogP contribution in [-0.2, 0) is 14.8 Å². The Kier molecular flexibility index (Phi) is 5.40. The quantitative estimate of drug-likeness (QED) is 0.671. The van der Waals surface area contributed by atoms with Gasteiger partial charge in [0.2, 0.25) is 15.9 Å². The lowest BCUT2D eigenvalue weighted by atomic mass is 10.1. The predicted molar refractivity (Wildman–Crippen MR) is 113 cm³/mol. The Morgan fingerprint density at radius 1 is 0.871 bits per heavy atom. The molecule has 1 atom stereocenters. The number of nitrogens with zero attached hydrogens (tertiary/aromatic N) is 3. The normalized spacial score (nSPS) is 18.3. The molecule has 1 saturated heterocycles. The van der Waals surface area contributed by atoms with Gasteiger partial charge in [-0.25, -0.2) is 8.42 Å². The first-order valence-corrected chi connectivity index (χ1v) is 11.5. The van der Waals surface area contributed by atoms with Gasteiger partial charge in [0.05, 0.1) is 16.0 Å². The first-order valence-electron chi connectivity index (χ1n) is 10.0. The highest BCUT2D eigenvalue weighted by atomic mass is 32.2. The van der Waals surface area contributed by atoms with Gasteiger partial charge in [-0.05, 0) is 38.1 Å². The fraction of sp³-hybridized carbons (Fsp3) is 0.318. The van der Waals surface area contributed by atoms with Gasteiger partial charge in [0.15, 0.2) is 0 Å². The van der Waals surface area contributed by atoms with Crippen LogP contribution in [0, 0.1) is 6.92 Å². The molecule has 0 aromatic heterocycles. The van der Waals surface area contributed by atoms with Crippen molar-refractivity contribution in [2.24, 2.45) is 0 Å². The minimum absolute atomic E-state index is 0.150. The molecule has 9 heteroatoms. The molecule has 2 aliphatic heterocycles. The second-order valence-corrected chi connectivity index (χ2v) is 9.68. The van der Waals surface area contributed by atoms with Crippen LogP contribution in [0.15, 0.2) is 53.4 Å². The monoisotopic (exact) mass is 441 g/mol. The molecule has 162 valence electrons. The third-order valence-electron chi connectivity index (χ3n) is 5.78. The molecule has 2 aliphatic rings. The molecule has 0 spiro atoms. The highest BCUT2D eigenvalue weighted by Gasteiger charge is 2.42. The number of benzene rings is 2. The molecule has 2 heterocycles. The van der Waals surface area contributed by atoms with Crippen LogP contribution < -0.4 is 0 Å². The van der Waals surface area contributed by atoms with Gasteiger partial charge in [-0.1, -0.05) is 29.8 Å². The number of imide groups is 1. The summed E-state index contributed by atoms with van der Waals surface area (Å²) < 4.78 is 27.1. The summed E-state index contributed by atoms with van der Waals surface area (Å²) in [5.74, 6) is -1.34. The van der Waals surface area contributed by atoms with Crippen molar-refractivity contribution in [3.8, 4) is 0 Å². The zero-order chi connectivity index (χ0) is 22.3. The number of hydrogen-bond acceptors (Lipinski definition) is 5. The average molecular weight is 442 g/mol. The topological polar surface area (TPSA) is 95.1 Å². The van der Waals surface area contributed by atoms with Crippen LogP contribution in [0.3, 0.4) is 0 Å². The lowest BCUT2D eigenvalue weighted by Gasteiger charge is -2.36. The van der Waals surface area contributed by atoms with E-state index in [9.17, 15) is 22.8 Å². The van der Waals surface area contributed by atoms with E-state index in [4.69, 9.17) is 0 Å². The second-order valence-electron chi connectivity index (χ2n) is 7.74. The largest absolute Gasteiger partial charge is 0.338 e. The van der Waals surface area contributed by atoms with Gasteiger partial charge in [0.1, 0.15) is 6.04 Å². The first-order chi connectivity index (χ1) is 14.7. The summed E-state index contributed by atoms with van der Waals surface area (Å²) in [6.07, 6.45) is 0. The van der Waals surface area contributed by atoms with Crippen molar-refractivity contribution in [2.75, 3.05) is 26.2 Å². The van der Waals surface area contributed by atoms with Gasteiger partial charge in [0.25, 0.3) is 11.8 Å². The van der Waals surface area contributed by atoms with Gasteiger partial charge in [-0.2, -0.15) is 4.31 Å². The van der Waals surface area contributed by atoms with Crippen molar-refractivity contribution in [3.05, 3.63) is 65.2 Å². The molecule has 0 bridgehead atoms. The molecule has 2 aromatic rings. The van der Waals surface area contributed by atoms with Gasteiger partial charge < -0.3 is 4.90 Å². The fourth-order valence-electron chi connectivity index (χ4n) is 3.94. The molecule has 0 saturated carbocycles.